The molecule has 0 saturated heterocycles. The van der Waals surface area contributed by atoms with Crippen molar-refractivity contribution in [3.05, 3.63) is 42.1 Å². The molecule has 1 aromatic carbocycles. The van der Waals surface area contributed by atoms with E-state index in [1.54, 1.807) is 0 Å². The van der Waals surface area contributed by atoms with Crippen molar-refractivity contribution in [2.45, 2.75) is 31.6 Å². The third-order valence-corrected chi connectivity index (χ3v) is 4.24. The second-order valence-electron chi connectivity index (χ2n) is 4.95. The van der Waals surface area contributed by atoms with Gasteiger partial charge in [-0.25, -0.2) is 0 Å². The molecular weight excluding hydrogens is 254 g/mol. The van der Waals surface area contributed by atoms with Gasteiger partial charge in [0.2, 0.25) is 0 Å². The third-order valence-electron chi connectivity index (χ3n) is 2.98. The van der Waals surface area contributed by atoms with Crippen LogP contribution in [0.15, 0.2) is 36.4 Å². The Morgan fingerprint density at radius 1 is 1.21 bits per heavy atom. The highest BCUT2D eigenvalue weighted by molar-refractivity contribution is 7.99. The molecule has 2 aromatic rings. The first-order chi connectivity index (χ1) is 9.19. The van der Waals surface area contributed by atoms with Crippen LogP contribution in [0.3, 0.4) is 0 Å². The first kappa shape index (κ1) is 14.3. The van der Waals surface area contributed by atoms with E-state index in [0.717, 1.165) is 23.4 Å². The van der Waals surface area contributed by atoms with Crippen LogP contribution in [0.25, 0.3) is 10.9 Å². The molecule has 0 radical (unpaired) electrons. The fourth-order valence-electron chi connectivity index (χ4n) is 1.95. The first-order valence-electron chi connectivity index (χ1n) is 6.61. The summed E-state index contributed by atoms with van der Waals surface area (Å²) in [6.07, 6.45) is 0.862. The molecule has 19 heavy (non-hydrogen) atoms. The number of hydrogen-bond donors (Lipinski definition) is 2. The Kier molecular flexibility index (Phi) is 5.19. The molecule has 0 aliphatic rings. The van der Waals surface area contributed by atoms with Crippen molar-refractivity contribution in [3.63, 3.8) is 0 Å². The smallest absolute Gasteiger partial charge is 0.0705 e. The van der Waals surface area contributed by atoms with Gasteiger partial charge in [-0.1, -0.05) is 38.1 Å². The van der Waals surface area contributed by atoms with Gasteiger partial charge in [0.05, 0.1) is 5.52 Å². The molecule has 0 aliphatic heterocycles. The summed E-state index contributed by atoms with van der Waals surface area (Å²) < 4.78 is 0. The molecule has 3 nitrogen and oxygen atoms in total. The van der Waals surface area contributed by atoms with Gasteiger partial charge >= 0.3 is 0 Å². The van der Waals surface area contributed by atoms with Crippen LogP contribution in [0.1, 0.15) is 19.5 Å². The Morgan fingerprint density at radius 3 is 2.74 bits per heavy atom. The highest BCUT2D eigenvalue weighted by atomic mass is 32.2. The van der Waals surface area contributed by atoms with Crippen LogP contribution in [0.4, 0.5) is 0 Å². The summed E-state index contributed by atoms with van der Waals surface area (Å²) in [5.41, 5.74) is 5.03. The van der Waals surface area contributed by atoms with Gasteiger partial charge in [-0.15, -0.1) is 0 Å². The molecule has 0 aliphatic carbocycles. The largest absolute Gasteiger partial charge is 0.271 e. The molecule has 1 aromatic heterocycles. The Balaban J connectivity index is 2.06. The van der Waals surface area contributed by atoms with Gasteiger partial charge < -0.3 is 0 Å². The van der Waals surface area contributed by atoms with E-state index in [2.05, 4.69) is 42.5 Å². The summed E-state index contributed by atoms with van der Waals surface area (Å²) in [5, 5.41) is 1.81. The summed E-state index contributed by atoms with van der Waals surface area (Å²) in [4.78, 5) is 4.69. The maximum atomic E-state index is 5.63. The molecule has 0 fully saturated rings. The Hall–Kier alpha value is -1.10. The summed E-state index contributed by atoms with van der Waals surface area (Å²) in [6.45, 7) is 4.40. The molecule has 0 amide bonds. The Labute approximate surface area is 119 Å². The molecule has 2 rings (SSSR count). The van der Waals surface area contributed by atoms with Crippen LogP contribution in [0, 0.1) is 0 Å². The summed E-state index contributed by atoms with van der Waals surface area (Å²) in [7, 11) is 0. The average Bonchev–Trinajstić information content (AvgIpc) is 2.43. The number of para-hydroxylation sites is 1. The van der Waals surface area contributed by atoms with Gasteiger partial charge in [0.15, 0.2) is 0 Å². The molecular formula is C15H21N3S. The number of aromatic nitrogens is 1. The summed E-state index contributed by atoms with van der Waals surface area (Å²) in [5.74, 6) is 6.63. The maximum absolute atomic E-state index is 5.63. The molecule has 0 bridgehead atoms. The molecule has 102 valence electrons. The predicted molar refractivity (Wildman–Crippen MR) is 84.2 cm³/mol. The van der Waals surface area contributed by atoms with Gasteiger partial charge in [0.1, 0.15) is 0 Å². The lowest BCUT2D eigenvalue weighted by Gasteiger charge is -2.16. The SMILES string of the molecule is CC(C)SCC(Cc1ccc2ccccc2n1)NN. The highest BCUT2D eigenvalue weighted by Gasteiger charge is 2.10. The van der Waals surface area contributed by atoms with Crippen LogP contribution in [0.2, 0.25) is 0 Å². The minimum absolute atomic E-state index is 0.265. The lowest BCUT2D eigenvalue weighted by atomic mass is 10.1. The van der Waals surface area contributed by atoms with Crippen molar-refractivity contribution in [2.75, 3.05) is 5.75 Å². The second-order valence-corrected chi connectivity index (χ2v) is 6.55. The molecule has 0 saturated carbocycles. The number of pyridine rings is 1. The lowest BCUT2D eigenvalue weighted by Crippen LogP contribution is -2.39. The van der Waals surface area contributed by atoms with Crippen molar-refractivity contribution in [1.82, 2.24) is 10.4 Å². The van der Waals surface area contributed by atoms with Gasteiger partial charge in [-0.05, 0) is 17.4 Å². The van der Waals surface area contributed by atoms with E-state index in [0.29, 0.717) is 5.25 Å². The third kappa shape index (κ3) is 4.20. The van der Waals surface area contributed by atoms with E-state index >= 15 is 0 Å². The van der Waals surface area contributed by atoms with E-state index in [-0.39, 0.29) is 6.04 Å². The number of rotatable bonds is 6. The van der Waals surface area contributed by atoms with E-state index < -0.39 is 0 Å². The number of hydrogen-bond acceptors (Lipinski definition) is 4. The zero-order valence-corrected chi connectivity index (χ0v) is 12.3. The van der Waals surface area contributed by atoms with Crippen molar-refractivity contribution >= 4 is 22.7 Å². The minimum Gasteiger partial charge on any atom is -0.271 e. The number of thioether (sulfide) groups is 1. The number of nitrogens with zero attached hydrogens (tertiary/aromatic N) is 1. The maximum Gasteiger partial charge on any atom is 0.0705 e. The molecule has 1 unspecified atom stereocenters. The molecule has 1 heterocycles. The zero-order chi connectivity index (χ0) is 13.7. The van der Waals surface area contributed by atoms with E-state index in [4.69, 9.17) is 5.84 Å². The van der Waals surface area contributed by atoms with Crippen molar-refractivity contribution in [1.29, 1.82) is 0 Å². The van der Waals surface area contributed by atoms with Gasteiger partial charge in [-0.2, -0.15) is 11.8 Å². The number of nitrogens with one attached hydrogen (secondary N) is 1. The molecule has 1 atom stereocenters. The molecule has 0 spiro atoms. The fourth-order valence-corrected chi connectivity index (χ4v) is 2.78. The predicted octanol–water partition coefficient (Wildman–Crippen LogP) is 2.75. The fraction of sp³-hybridized carbons (Fsp3) is 0.400. The number of nitrogens with two attached hydrogens (primary N) is 1. The van der Waals surface area contributed by atoms with Crippen molar-refractivity contribution in [2.24, 2.45) is 5.84 Å². The van der Waals surface area contributed by atoms with E-state index in [1.165, 1.54) is 5.39 Å². The van der Waals surface area contributed by atoms with Crippen LogP contribution >= 0.6 is 11.8 Å². The summed E-state index contributed by atoms with van der Waals surface area (Å²) >= 11 is 1.92. The van der Waals surface area contributed by atoms with Gasteiger partial charge in [0.25, 0.3) is 0 Å². The Bertz CT molecular complexity index is 528. The standard InChI is InChI=1S/C15H21N3S/c1-11(2)19-10-14(18-16)9-13-8-7-12-5-3-4-6-15(12)17-13/h3-8,11,14,18H,9-10,16H2,1-2H3. The highest BCUT2D eigenvalue weighted by Crippen LogP contribution is 2.15. The first-order valence-corrected chi connectivity index (χ1v) is 7.66. The second kappa shape index (κ2) is 6.89. The molecule has 3 N–H and O–H groups in total. The van der Waals surface area contributed by atoms with Gasteiger partial charge in [-0.3, -0.25) is 16.3 Å². The van der Waals surface area contributed by atoms with Crippen molar-refractivity contribution < 1.29 is 0 Å². The number of hydrazine groups is 1. The van der Waals surface area contributed by atoms with Crippen LogP contribution in [-0.2, 0) is 6.42 Å². The topological polar surface area (TPSA) is 50.9 Å². The van der Waals surface area contributed by atoms with Crippen LogP contribution in [0.5, 0.6) is 0 Å². The Morgan fingerprint density at radius 2 is 2.00 bits per heavy atom. The summed E-state index contributed by atoms with van der Waals surface area (Å²) in [6, 6.07) is 12.7. The number of benzene rings is 1. The normalized spacial score (nSPS) is 13.1. The minimum atomic E-state index is 0.265. The van der Waals surface area contributed by atoms with Crippen molar-refractivity contribution in [3.8, 4) is 0 Å². The average molecular weight is 275 g/mol. The van der Waals surface area contributed by atoms with E-state index in [1.807, 2.05) is 30.0 Å². The van der Waals surface area contributed by atoms with Crippen LogP contribution in [-0.4, -0.2) is 22.0 Å². The molecule has 4 heteroatoms. The number of fused-ring (bicyclic) bond motifs is 1. The van der Waals surface area contributed by atoms with Crippen LogP contribution < -0.4 is 11.3 Å². The van der Waals surface area contributed by atoms with E-state index in [9.17, 15) is 0 Å². The quantitative estimate of drug-likeness (QED) is 0.629. The van der Waals surface area contributed by atoms with Gasteiger partial charge in [0, 0.05) is 29.3 Å². The lowest BCUT2D eigenvalue weighted by molar-refractivity contribution is 0.569. The zero-order valence-electron chi connectivity index (χ0n) is 11.5. The monoisotopic (exact) mass is 275 g/mol.